The number of carbonyl (C=O) groups is 1. The Morgan fingerprint density at radius 1 is 1.64 bits per heavy atom. The molecule has 1 heterocycles. The fourth-order valence-electron chi connectivity index (χ4n) is 0.694. The third-order valence-electron chi connectivity index (χ3n) is 1.18. The SMILES string of the molecule is NC(=O)c1c(N)ccnc1F. The summed E-state index contributed by atoms with van der Waals surface area (Å²) in [7, 11) is 0. The first-order valence-corrected chi connectivity index (χ1v) is 2.82. The van der Waals surface area contributed by atoms with Crippen molar-refractivity contribution in [1.82, 2.24) is 4.98 Å². The number of hydrogen-bond donors (Lipinski definition) is 2. The third kappa shape index (κ3) is 1.26. The Bertz CT molecular complexity index is 280. The number of nitrogens with two attached hydrogens (primary N) is 2. The molecule has 0 unspecified atom stereocenters. The van der Waals surface area contributed by atoms with Crippen LogP contribution in [-0.4, -0.2) is 10.9 Å². The predicted molar refractivity (Wildman–Crippen MR) is 37.1 cm³/mol. The smallest absolute Gasteiger partial charge is 0.255 e. The second-order valence-corrected chi connectivity index (χ2v) is 1.93. The van der Waals surface area contributed by atoms with Crippen LogP contribution in [0.3, 0.4) is 0 Å². The van der Waals surface area contributed by atoms with Gasteiger partial charge in [-0.05, 0) is 6.07 Å². The fourth-order valence-corrected chi connectivity index (χ4v) is 0.694. The van der Waals surface area contributed by atoms with Crippen LogP contribution in [0.4, 0.5) is 10.1 Å². The average molecular weight is 155 g/mol. The minimum Gasteiger partial charge on any atom is -0.398 e. The topological polar surface area (TPSA) is 82.0 Å². The van der Waals surface area contributed by atoms with Crippen LogP contribution in [-0.2, 0) is 0 Å². The molecule has 58 valence electrons. The van der Waals surface area contributed by atoms with Gasteiger partial charge in [0.2, 0.25) is 5.95 Å². The molecule has 0 bridgehead atoms. The van der Waals surface area contributed by atoms with E-state index in [1.165, 1.54) is 6.07 Å². The fraction of sp³-hybridized carbons (Fsp3) is 0. The van der Waals surface area contributed by atoms with Gasteiger partial charge in [0.15, 0.2) is 0 Å². The Labute approximate surface area is 62.0 Å². The van der Waals surface area contributed by atoms with E-state index in [1.807, 2.05) is 0 Å². The maximum Gasteiger partial charge on any atom is 0.255 e. The molecule has 11 heavy (non-hydrogen) atoms. The van der Waals surface area contributed by atoms with Crippen LogP contribution in [0.1, 0.15) is 10.4 Å². The van der Waals surface area contributed by atoms with Gasteiger partial charge in [-0.15, -0.1) is 0 Å². The number of carbonyl (C=O) groups excluding carboxylic acids is 1. The van der Waals surface area contributed by atoms with Gasteiger partial charge in [0.25, 0.3) is 5.91 Å². The summed E-state index contributed by atoms with van der Waals surface area (Å²) in [6.07, 6.45) is 1.16. The summed E-state index contributed by atoms with van der Waals surface area (Å²) < 4.78 is 12.6. The second kappa shape index (κ2) is 2.53. The zero-order valence-electron chi connectivity index (χ0n) is 5.54. The highest BCUT2D eigenvalue weighted by Crippen LogP contribution is 2.11. The Balaban J connectivity index is 3.32. The van der Waals surface area contributed by atoms with E-state index in [2.05, 4.69) is 4.98 Å². The van der Waals surface area contributed by atoms with Crippen molar-refractivity contribution in [1.29, 1.82) is 0 Å². The summed E-state index contributed by atoms with van der Waals surface area (Å²) in [4.78, 5) is 13.7. The normalized spacial score (nSPS) is 9.55. The summed E-state index contributed by atoms with van der Waals surface area (Å²) in [5.41, 5.74) is 9.71. The lowest BCUT2D eigenvalue weighted by Gasteiger charge is -1.99. The number of nitrogens with zero attached hydrogens (tertiary/aromatic N) is 1. The molecule has 0 saturated heterocycles. The van der Waals surface area contributed by atoms with E-state index < -0.39 is 11.9 Å². The number of primary amides is 1. The predicted octanol–water partition coefficient (Wildman–Crippen LogP) is -0.0982. The van der Waals surface area contributed by atoms with Gasteiger partial charge in [-0.1, -0.05) is 0 Å². The maximum absolute atomic E-state index is 12.6. The minimum absolute atomic E-state index is 0.00463. The number of nitrogen functional groups attached to an aromatic ring is 1. The van der Waals surface area contributed by atoms with E-state index >= 15 is 0 Å². The molecule has 0 radical (unpaired) electrons. The first-order valence-electron chi connectivity index (χ1n) is 2.82. The minimum atomic E-state index is -0.933. The third-order valence-corrected chi connectivity index (χ3v) is 1.18. The lowest BCUT2D eigenvalue weighted by atomic mass is 10.2. The Hall–Kier alpha value is -1.65. The molecule has 0 aliphatic rings. The van der Waals surface area contributed by atoms with E-state index in [0.29, 0.717) is 0 Å². The Morgan fingerprint density at radius 3 is 2.64 bits per heavy atom. The maximum atomic E-state index is 12.6. The first kappa shape index (κ1) is 7.46. The lowest BCUT2D eigenvalue weighted by molar-refractivity contribution is 0.0996. The van der Waals surface area contributed by atoms with Gasteiger partial charge < -0.3 is 11.5 Å². The zero-order chi connectivity index (χ0) is 8.43. The summed E-state index contributed by atoms with van der Waals surface area (Å²) in [5.74, 6) is -1.84. The Morgan fingerprint density at radius 2 is 2.27 bits per heavy atom. The second-order valence-electron chi connectivity index (χ2n) is 1.93. The van der Waals surface area contributed by atoms with Crippen LogP contribution < -0.4 is 11.5 Å². The number of anilines is 1. The van der Waals surface area contributed by atoms with E-state index in [9.17, 15) is 9.18 Å². The average Bonchev–Trinajstić information content (AvgIpc) is 1.85. The molecule has 1 aromatic heterocycles. The molecular formula is C6H6FN3O. The number of pyridine rings is 1. The van der Waals surface area contributed by atoms with Crippen LogP contribution in [0, 0.1) is 5.95 Å². The number of amides is 1. The van der Waals surface area contributed by atoms with Gasteiger partial charge in [-0.3, -0.25) is 4.79 Å². The van der Waals surface area contributed by atoms with Crippen LogP contribution in [0.15, 0.2) is 12.3 Å². The number of halogens is 1. The molecule has 0 aliphatic carbocycles. The van der Waals surface area contributed by atoms with Crippen molar-refractivity contribution >= 4 is 11.6 Å². The molecule has 1 amide bonds. The van der Waals surface area contributed by atoms with Crippen molar-refractivity contribution in [2.24, 2.45) is 5.73 Å². The summed E-state index contributed by atoms with van der Waals surface area (Å²) in [6.45, 7) is 0. The van der Waals surface area contributed by atoms with Gasteiger partial charge in [0, 0.05) is 6.20 Å². The van der Waals surface area contributed by atoms with Crippen LogP contribution in [0.5, 0.6) is 0 Å². The van der Waals surface area contributed by atoms with Crippen LogP contribution >= 0.6 is 0 Å². The summed E-state index contributed by atoms with van der Waals surface area (Å²) >= 11 is 0. The molecule has 4 N–H and O–H groups in total. The van der Waals surface area contributed by atoms with Crippen molar-refractivity contribution in [3.8, 4) is 0 Å². The highest BCUT2D eigenvalue weighted by molar-refractivity contribution is 5.97. The molecule has 0 atom stereocenters. The number of hydrogen-bond acceptors (Lipinski definition) is 3. The Kier molecular flexibility index (Phi) is 1.72. The monoisotopic (exact) mass is 155 g/mol. The van der Waals surface area contributed by atoms with Crippen molar-refractivity contribution in [3.05, 3.63) is 23.8 Å². The van der Waals surface area contributed by atoms with Crippen molar-refractivity contribution in [2.75, 3.05) is 5.73 Å². The van der Waals surface area contributed by atoms with Gasteiger partial charge in [-0.2, -0.15) is 4.39 Å². The van der Waals surface area contributed by atoms with Gasteiger partial charge in [-0.25, -0.2) is 4.98 Å². The van der Waals surface area contributed by atoms with E-state index in [4.69, 9.17) is 11.5 Å². The van der Waals surface area contributed by atoms with Gasteiger partial charge in [0.05, 0.1) is 5.69 Å². The highest BCUT2D eigenvalue weighted by atomic mass is 19.1. The van der Waals surface area contributed by atoms with E-state index in [-0.39, 0.29) is 11.3 Å². The summed E-state index contributed by atoms with van der Waals surface area (Å²) in [6, 6.07) is 1.31. The summed E-state index contributed by atoms with van der Waals surface area (Å²) in [5, 5.41) is 0. The zero-order valence-corrected chi connectivity index (χ0v) is 5.54. The van der Waals surface area contributed by atoms with Gasteiger partial charge >= 0.3 is 0 Å². The highest BCUT2D eigenvalue weighted by Gasteiger charge is 2.11. The first-order chi connectivity index (χ1) is 5.13. The number of rotatable bonds is 1. The molecule has 0 saturated carbocycles. The van der Waals surface area contributed by atoms with Crippen LogP contribution in [0.2, 0.25) is 0 Å². The largest absolute Gasteiger partial charge is 0.398 e. The molecule has 4 nitrogen and oxygen atoms in total. The quantitative estimate of drug-likeness (QED) is 0.555. The molecule has 0 aromatic carbocycles. The van der Waals surface area contributed by atoms with Gasteiger partial charge in [0.1, 0.15) is 5.56 Å². The molecule has 0 aliphatic heterocycles. The lowest BCUT2D eigenvalue weighted by Crippen LogP contribution is -2.16. The van der Waals surface area contributed by atoms with Crippen molar-refractivity contribution in [2.45, 2.75) is 0 Å². The molecule has 5 heteroatoms. The number of aromatic nitrogens is 1. The van der Waals surface area contributed by atoms with E-state index in [0.717, 1.165) is 6.20 Å². The molecule has 1 rings (SSSR count). The van der Waals surface area contributed by atoms with Crippen molar-refractivity contribution in [3.63, 3.8) is 0 Å². The standard InChI is InChI=1S/C6H6FN3O/c7-5-4(6(9)11)3(8)1-2-10-5/h1-2H,(H2,8,10)(H2,9,11). The van der Waals surface area contributed by atoms with E-state index in [1.54, 1.807) is 0 Å². The molecule has 0 spiro atoms. The van der Waals surface area contributed by atoms with Crippen LogP contribution in [0.25, 0.3) is 0 Å². The molecule has 1 aromatic rings. The molecule has 0 fully saturated rings. The van der Waals surface area contributed by atoms with Crippen molar-refractivity contribution < 1.29 is 9.18 Å². The molecular weight excluding hydrogens is 149 g/mol.